The molecule has 0 unspecified atom stereocenters. The number of carbonyl (C=O) groups excluding carboxylic acids is 1. The average Bonchev–Trinajstić information content (AvgIpc) is 3.41. The van der Waals surface area contributed by atoms with Crippen LogP contribution in [-0.2, 0) is 16.1 Å². The van der Waals surface area contributed by atoms with Crippen molar-refractivity contribution >= 4 is 5.91 Å². The highest BCUT2D eigenvalue weighted by Crippen LogP contribution is 2.42. The zero-order valence-electron chi connectivity index (χ0n) is 16.6. The summed E-state index contributed by atoms with van der Waals surface area (Å²) in [6.07, 6.45) is 5.15. The lowest BCUT2D eigenvalue weighted by molar-refractivity contribution is -0.147. The standard InChI is InChI=1S/C22H32N2O3/c1-16-14-24(15-18-5-7-19(26-2)8-6-18)12-11-22(16)10-9-20(27-22)21(25)23-13-17-3-4-17/h5-8,16-17,20H,3-4,9-15H2,1-2H3,(H,23,25)/t16-,20-,22+/m0/s1. The molecule has 1 amide bonds. The maximum Gasteiger partial charge on any atom is 0.249 e. The lowest BCUT2D eigenvalue weighted by Gasteiger charge is -2.44. The first-order valence-electron chi connectivity index (χ1n) is 10.4. The number of likely N-dealkylation sites (tertiary alicyclic amines) is 1. The number of methoxy groups -OCH3 is 1. The number of hydrogen-bond donors (Lipinski definition) is 1. The summed E-state index contributed by atoms with van der Waals surface area (Å²) < 4.78 is 11.6. The number of carbonyl (C=O) groups is 1. The molecule has 5 nitrogen and oxygen atoms in total. The van der Waals surface area contributed by atoms with Crippen LogP contribution < -0.4 is 10.1 Å². The molecule has 4 rings (SSSR count). The van der Waals surface area contributed by atoms with E-state index in [1.165, 1.54) is 18.4 Å². The molecule has 3 aliphatic rings. The van der Waals surface area contributed by atoms with Gasteiger partial charge in [0.1, 0.15) is 11.9 Å². The molecule has 0 aromatic heterocycles. The fourth-order valence-electron chi connectivity index (χ4n) is 4.56. The first kappa shape index (κ1) is 18.8. The number of nitrogens with one attached hydrogen (secondary N) is 1. The average molecular weight is 373 g/mol. The Labute approximate surface area is 162 Å². The van der Waals surface area contributed by atoms with Gasteiger partial charge in [-0.2, -0.15) is 0 Å². The van der Waals surface area contributed by atoms with Crippen LogP contribution in [0.4, 0.5) is 0 Å². The Balaban J connectivity index is 1.29. The molecule has 1 spiro atoms. The largest absolute Gasteiger partial charge is 0.497 e. The van der Waals surface area contributed by atoms with Crippen LogP contribution in [0, 0.1) is 11.8 Å². The predicted molar refractivity (Wildman–Crippen MR) is 105 cm³/mol. The van der Waals surface area contributed by atoms with Crippen molar-refractivity contribution in [3.63, 3.8) is 0 Å². The molecule has 3 fully saturated rings. The van der Waals surface area contributed by atoms with E-state index in [1.54, 1.807) is 7.11 Å². The van der Waals surface area contributed by atoms with E-state index in [-0.39, 0.29) is 17.6 Å². The third kappa shape index (κ3) is 4.30. The summed E-state index contributed by atoms with van der Waals surface area (Å²) in [7, 11) is 1.70. The minimum atomic E-state index is -0.251. The van der Waals surface area contributed by atoms with Crippen molar-refractivity contribution in [2.75, 3.05) is 26.7 Å². The highest BCUT2D eigenvalue weighted by atomic mass is 16.5. The second-order valence-electron chi connectivity index (χ2n) is 8.63. The summed E-state index contributed by atoms with van der Waals surface area (Å²) in [5, 5.41) is 3.09. The smallest absolute Gasteiger partial charge is 0.249 e. The van der Waals surface area contributed by atoms with Gasteiger partial charge in [-0.05, 0) is 61.6 Å². The second-order valence-corrected chi connectivity index (χ2v) is 8.63. The lowest BCUT2D eigenvalue weighted by atomic mass is 9.80. The van der Waals surface area contributed by atoms with Gasteiger partial charge in [0, 0.05) is 26.2 Å². The predicted octanol–water partition coefficient (Wildman–Crippen LogP) is 2.98. The van der Waals surface area contributed by atoms with Crippen molar-refractivity contribution < 1.29 is 14.3 Å². The Morgan fingerprint density at radius 2 is 2.04 bits per heavy atom. The topological polar surface area (TPSA) is 50.8 Å². The molecule has 5 heteroatoms. The molecule has 3 atom stereocenters. The molecule has 1 aromatic carbocycles. The SMILES string of the molecule is COc1ccc(CN2CC[C@]3(CC[C@@H](C(=O)NCC4CC4)O3)[C@@H](C)C2)cc1. The van der Waals surface area contributed by atoms with Gasteiger partial charge < -0.3 is 14.8 Å². The molecular weight excluding hydrogens is 340 g/mol. The van der Waals surface area contributed by atoms with Gasteiger partial charge in [-0.25, -0.2) is 0 Å². The van der Waals surface area contributed by atoms with E-state index < -0.39 is 0 Å². The van der Waals surface area contributed by atoms with Crippen LogP contribution in [-0.4, -0.2) is 49.3 Å². The molecule has 2 heterocycles. The third-order valence-electron chi connectivity index (χ3n) is 6.61. The Bertz CT molecular complexity index is 658. The first-order valence-corrected chi connectivity index (χ1v) is 10.4. The van der Waals surface area contributed by atoms with Crippen molar-refractivity contribution in [1.82, 2.24) is 10.2 Å². The lowest BCUT2D eigenvalue weighted by Crippen LogP contribution is -2.51. The zero-order chi connectivity index (χ0) is 18.9. The summed E-state index contributed by atoms with van der Waals surface area (Å²) in [5.74, 6) is 2.15. The van der Waals surface area contributed by atoms with Gasteiger partial charge in [-0.3, -0.25) is 9.69 Å². The van der Waals surface area contributed by atoms with E-state index in [0.717, 1.165) is 51.2 Å². The first-order chi connectivity index (χ1) is 13.1. The molecular formula is C22H32N2O3. The van der Waals surface area contributed by atoms with Gasteiger partial charge in [-0.1, -0.05) is 19.1 Å². The van der Waals surface area contributed by atoms with Crippen LogP contribution in [0.3, 0.4) is 0 Å². The summed E-state index contributed by atoms with van der Waals surface area (Å²) in [5.41, 5.74) is 1.20. The van der Waals surface area contributed by atoms with Crippen LogP contribution in [0.25, 0.3) is 0 Å². The molecule has 2 saturated heterocycles. The fraction of sp³-hybridized carbons (Fsp3) is 0.682. The molecule has 0 radical (unpaired) electrons. The monoisotopic (exact) mass is 372 g/mol. The fourth-order valence-corrected chi connectivity index (χ4v) is 4.56. The molecule has 27 heavy (non-hydrogen) atoms. The zero-order valence-corrected chi connectivity index (χ0v) is 16.6. The second kappa shape index (κ2) is 7.80. The van der Waals surface area contributed by atoms with Crippen LogP contribution in [0.2, 0.25) is 0 Å². The summed E-state index contributed by atoms with van der Waals surface area (Å²) >= 11 is 0. The number of nitrogens with zero attached hydrogens (tertiary/aromatic N) is 1. The van der Waals surface area contributed by atoms with E-state index in [1.807, 2.05) is 12.1 Å². The van der Waals surface area contributed by atoms with E-state index >= 15 is 0 Å². The maximum absolute atomic E-state index is 12.4. The van der Waals surface area contributed by atoms with Gasteiger partial charge in [0.05, 0.1) is 12.7 Å². The molecule has 1 saturated carbocycles. The highest BCUT2D eigenvalue weighted by molar-refractivity contribution is 5.81. The molecule has 0 bridgehead atoms. The van der Waals surface area contributed by atoms with Crippen LogP contribution in [0.1, 0.15) is 44.6 Å². The van der Waals surface area contributed by atoms with Crippen molar-refractivity contribution in [1.29, 1.82) is 0 Å². The van der Waals surface area contributed by atoms with E-state index in [9.17, 15) is 4.79 Å². The van der Waals surface area contributed by atoms with Crippen molar-refractivity contribution in [3.05, 3.63) is 29.8 Å². The van der Waals surface area contributed by atoms with Crippen molar-refractivity contribution in [2.24, 2.45) is 11.8 Å². The quantitative estimate of drug-likeness (QED) is 0.834. The Kier molecular flexibility index (Phi) is 5.42. The van der Waals surface area contributed by atoms with Gasteiger partial charge in [0.25, 0.3) is 0 Å². The molecule has 1 aliphatic carbocycles. The molecule has 1 aromatic rings. The van der Waals surface area contributed by atoms with E-state index in [0.29, 0.717) is 11.8 Å². The van der Waals surface area contributed by atoms with Gasteiger partial charge in [0.2, 0.25) is 5.91 Å². The Morgan fingerprint density at radius 3 is 2.70 bits per heavy atom. The molecule has 2 aliphatic heterocycles. The van der Waals surface area contributed by atoms with Crippen LogP contribution >= 0.6 is 0 Å². The van der Waals surface area contributed by atoms with E-state index in [4.69, 9.17) is 9.47 Å². The van der Waals surface area contributed by atoms with Gasteiger partial charge >= 0.3 is 0 Å². The number of piperidine rings is 1. The normalized spacial score (nSPS) is 31.2. The highest BCUT2D eigenvalue weighted by Gasteiger charge is 2.48. The van der Waals surface area contributed by atoms with Gasteiger partial charge in [0.15, 0.2) is 0 Å². The minimum absolute atomic E-state index is 0.103. The Morgan fingerprint density at radius 1 is 1.26 bits per heavy atom. The van der Waals surface area contributed by atoms with Gasteiger partial charge in [-0.15, -0.1) is 0 Å². The summed E-state index contributed by atoms with van der Waals surface area (Å²) in [6, 6.07) is 8.32. The number of amides is 1. The minimum Gasteiger partial charge on any atom is -0.497 e. The third-order valence-corrected chi connectivity index (χ3v) is 6.61. The number of ether oxygens (including phenoxy) is 2. The molecule has 1 N–H and O–H groups in total. The maximum atomic E-state index is 12.4. The van der Waals surface area contributed by atoms with Crippen LogP contribution in [0.5, 0.6) is 5.75 Å². The summed E-state index contributed by atoms with van der Waals surface area (Å²) in [6.45, 7) is 6.10. The van der Waals surface area contributed by atoms with Crippen molar-refractivity contribution in [2.45, 2.75) is 57.3 Å². The molecule has 148 valence electrons. The Hall–Kier alpha value is -1.59. The van der Waals surface area contributed by atoms with Crippen LogP contribution in [0.15, 0.2) is 24.3 Å². The number of benzene rings is 1. The van der Waals surface area contributed by atoms with E-state index in [2.05, 4.69) is 29.3 Å². The van der Waals surface area contributed by atoms with Crippen molar-refractivity contribution in [3.8, 4) is 5.75 Å². The summed E-state index contributed by atoms with van der Waals surface area (Å²) in [4.78, 5) is 14.9. The number of rotatable bonds is 6. The number of hydrogen-bond acceptors (Lipinski definition) is 4.